The van der Waals surface area contributed by atoms with Crippen molar-refractivity contribution in [2.45, 2.75) is 31.8 Å². The quantitative estimate of drug-likeness (QED) is 0.362. The van der Waals surface area contributed by atoms with Crippen molar-refractivity contribution in [2.75, 3.05) is 12.4 Å². The number of hydrogen-bond acceptors (Lipinski definition) is 7. The summed E-state index contributed by atoms with van der Waals surface area (Å²) in [4.78, 5) is 25.9. The van der Waals surface area contributed by atoms with Crippen LogP contribution in [0.1, 0.15) is 37.1 Å². The molecular weight excluding hydrogens is 410 g/mol. The lowest BCUT2D eigenvalue weighted by Crippen LogP contribution is -2.21. The fourth-order valence-corrected chi connectivity index (χ4v) is 3.47. The van der Waals surface area contributed by atoms with E-state index in [0.29, 0.717) is 28.2 Å². The van der Waals surface area contributed by atoms with Gasteiger partial charge in [-0.05, 0) is 43.5 Å². The molecule has 4 aromatic rings. The first-order valence-electron chi connectivity index (χ1n) is 10.4. The van der Waals surface area contributed by atoms with Crippen molar-refractivity contribution in [1.82, 2.24) is 24.6 Å². The smallest absolute Gasteiger partial charge is 0.326 e. The summed E-state index contributed by atoms with van der Waals surface area (Å²) in [6.45, 7) is 2.05. The number of aromatic nitrogens is 5. The Balaban J connectivity index is 1.58. The number of anilines is 1. The van der Waals surface area contributed by atoms with Gasteiger partial charge in [-0.2, -0.15) is 9.61 Å². The van der Waals surface area contributed by atoms with E-state index in [1.807, 2.05) is 30.3 Å². The van der Waals surface area contributed by atoms with Gasteiger partial charge < -0.3 is 20.1 Å². The van der Waals surface area contributed by atoms with Crippen molar-refractivity contribution >= 4 is 17.5 Å². The number of benzene rings is 1. The zero-order chi connectivity index (χ0) is 22.2. The molecule has 10 heteroatoms. The van der Waals surface area contributed by atoms with E-state index < -0.39 is 5.69 Å². The average molecular weight is 433 g/mol. The summed E-state index contributed by atoms with van der Waals surface area (Å²) in [6, 6.07) is 10.0. The molecule has 0 bridgehead atoms. The number of hydrogen-bond donors (Lipinski definition) is 4. The Bertz CT molecular complexity index is 1450. The third-order valence-corrected chi connectivity index (χ3v) is 5.36. The van der Waals surface area contributed by atoms with E-state index >= 15 is 0 Å². The van der Waals surface area contributed by atoms with Crippen molar-refractivity contribution in [3.05, 3.63) is 69.0 Å². The van der Waals surface area contributed by atoms with Crippen LogP contribution < -0.4 is 26.4 Å². The number of fused-ring (bicyclic) bond motifs is 1. The van der Waals surface area contributed by atoms with E-state index in [2.05, 4.69) is 27.3 Å². The highest BCUT2D eigenvalue weighted by molar-refractivity contribution is 5.58. The maximum Gasteiger partial charge on any atom is 0.326 e. The molecular formula is C22H23N7O3. The molecule has 5 rings (SSSR count). The molecule has 1 saturated carbocycles. The third kappa shape index (κ3) is 3.94. The number of aromatic hydroxyl groups is 1. The van der Waals surface area contributed by atoms with Crippen LogP contribution in [-0.2, 0) is 0 Å². The Kier molecular flexibility index (Phi) is 4.89. The summed E-state index contributed by atoms with van der Waals surface area (Å²) >= 11 is 0. The second kappa shape index (κ2) is 7.88. The summed E-state index contributed by atoms with van der Waals surface area (Å²) in [5.74, 6) is 1.22. The molecule has 1 atom stereocenters. The molecule has 3 aromatic heterocycles. The number of methoxy groups -OCH3 is 1. The predicted molar refractivity (Wildman–Crippen MR) is 118 cm³/mol. The van der Waals surface area contributed by atoms with Crippen LogP contribution in [0.4, 0.5) is 5.82 Å². The number of imidazole rings is 1. The minimum absolute atomic E-state index is 0.00921. The number of nitrogens with zero attached hydrogens (tertiary/aromatic N) is 4. The van der Waals surface area contributed by atoms with Crippen molar-refractivity contribution in [3.63, 3.8) is 0 Å². The number of aromatic amines is 2. The molecule has 3 heterocycles. The highest BCUT2D eigenvalue weighted by Gasteiger charge is 2.20. The monoisotopic (exact) mass is 433 g/mol. The number of ether oxygens (including phenoxy) is 1. The Morgan fingerprint density at radius 2 is 2.09 bits per heavy atom. The molecule has 1 aromatic carbocycles. The lowest BCUT2D eigenvalue weighted by Gasteiger charge is -2.15. The summed E-state index contributed by atoms with van der Waals surface area (Å²) in [5, 5.41) is 18.4. The van der Waals surface area contributed by atoms with Crippen LogP contribution in [0, 0.1) is 0 Å². The topological polar surface area (TPSA) is 133 Å². The van der Waals surface area contributed by atoms with Crippen LogP contribution in [-0.4, -0.2) is 42.8 Å². The Morgan fingerprint density at radius 1 is 1.31 bits per heavy atom. The Hall–Kier alpha value is -4.08. The van der Waals surface area contributed by atoms with E-state index in [1.165, 1.54) is 0 Å². The molecule has 1 aliphatic rings. The van der Waals surface area contributed by atoms with Crippen molar-refractivity contribution in [1.29, 1.82) is 0 Å². The van der Waals surface area contributed by atoms with E-state index in [-0.39, 0.29) is 17.6 Å². The number of H-pyrrole nitrogens is 2. The van der Waals surface area contributed by atoms with Gasteiger partial charge in [0.25, 0.3) is 0 Å². The van der Waals surface area contributed by atoms with Crippen LogP contribution in [0.3, 0.4) is 0 Å². The number of rotatable bonds is 6. The molecule has 164 valence electrons. The molecule has 1 aliphatic carbocycles. The summed E-state index contributed by atoms with van der Waals surface area (Å²) in [7, 11) is 1.64. The highest BCUT2D eigenvalue weighted by Crippen LogP contribution is 2.23. The van der Waals surface area contributed by atoms with Gasteiger partial charge in [0, 0.05) is 17.3 Å². The fraction of sp³-hybridized carbons (Fsp3) is 0.273. The second-order valence-corrected chi connectivity index (χ2v) is 7.82. The molecule has 10 nitrogen and oxygen atoms in total. The van der Waals surface area contributed by atoms with Gasteiger partial charge in [-0.3, -0.25) is 9.98 Å². The van der Waals surface area contributed by atoms with Gasteiger partial charge in [0.2, 0.25) is 5.88 Å². The van der Waals surface area contributed by atoms with Crippen LogP contribution in [0.15, 0.2) is 46.3 Å². The van der Waals surface area contributed by atoms with Crippen molar-refractivity contribution in [2.24, 2.45) is 4.99 Å². The maximum absolute atomic E-state index is 11.5. The summed E-state index contributed by atoms with van der Waals surface area (Å²) in [6.07, 6.45) is 5.39. The van der Waals surface area contributed by atoms with E-state index in [4.69, 9.17) is 14.7 Å². The van der Waals surface area contributed by atoms with Gasteiger partial charge in [-0.1, -0.05) is 12.1 Å². The second-order valence-electron chi connectivity index (χ2n) is 7.82. The van der Waals surface area contributed by atoms with Crippen LogP contribution in [0.25, 0.3) is 11.7 Å². The van der Waals surface area contributed by atoms with E-state index in [0.717, 1.165) is 24.2 Å². The van der Waals surface area contributed by atoms with Gasteiger partial charge in [0.15, 0.2) is 11.1 Å². The largest absolute Gasteiger partial charge is 0.497 e. The van der Waals surface area contributed by atoms with Gasteiger partial charge in [0.1, 0.15) is 17.3 Å². The minimum atomic E-state index is -0.488. The minimum Gasteiger partial charge on any atom is -0.497 e. The Morgan fingerprint density at radius 3 is 2.75 bits per heavy atom. The molecule has 32 heavy (non-hydrogen) atoms. The summed E-state index contributed by atoms with van der Waals surface area (Å²) in [5.41, 5.74) is 2.13. The fourth-order valence-electron chi connectivity index (χ4n) is 3.47. The number of nitrogens with one attached hydrogen (secondary N) is 3. The molecule has 0 aliphatic heterocycles. The zero-order valence-electron chi connectivity index (χ0n) is 17.7. The predicted octanol–water partition coefficient (Wildman–Crippen LogP) is 1.24. The normalized spacial score (nSPS) is 15.9. The van der Waals surface area contributed by atoms with Gasteiger partial charge >= 0.3 is 5.69 Å². The SMILES string of the molecule is COc1ccc(C(C)Nc2cc(=NC3CC3)n3ncc(=Cc4[nH]c(=O)[nH]c4O)c3n2)cc1. The van der Waals surface area contributed by atoms with E-state index in [9.17, 15) is 9.90 Å². The molecule has 1 fully saturated rings. The first-order chi connectivity index (χ1) is 15.5. The van der Waals surface area contributed by atoms with Crippen LogP contribution in [0.5, 0.6) is 11.6 Å². The van der Waals surface area contributed by atoms with Crippen LogP contribution in [0.2, 0.25) is 0 Å². The molecule has 0 radical (unpaired) electrons. The lowest BCUT2D eigenvalue weighted by molar-refractivity contribution is 0.414. The van der Waals surface area contributed by atoms with Gasteiger partial charge in [0.05, 0.1) is 19.3 Å². The summed E-state index contributed by atoms with van der Waals surface area (Å²) < 4.78 is 6.91. The van der Waals surface area contributed by atoms with E-state index in [1.54, 1.807) is 23.9 Å². The maximum atomic E-state index is 11.5. The molecule has 0 spiro atoms. The molecule has 4 N–H and O–H groups in total. The molecule has 1 unspecified atom stereocenters. The molecule has 0 amide bonds. The lowest BCUT2D eigenvalue weighted by atomic mass is 10.1. The van der Waals surface area contributed by atoms with Crippen molar-refractivity contribution < 1.29 is 9.84 Å². The highest BCUT2D eigenvalue weighted by atomic mass is 16.5. The standard InChI is InChI=1S/C22H23N7O3/c1-12(13-3-7-16(32-2)8-4-13)24-18-10-19(25-15-5-6-15)29-20(27-18)14(11-23-29)9-17-21(30)28-22(31)26-17/h3-4,7-12,15,24,30H,5-6H2,1-2H3,(H2,26,28,31). The van der Waals surface area contributed by atoms with Crippen LogP contribution >= 0.6 is 0 Å². The zero-order valence-corrected chi connectivity index (χ0v) is 17.7. The average Bonchev–Trinajstić information content (AvgIpc) is 3.42. The Labute approximate surface area is 182 Å². The molecule has 0 saturated heterocycles. The third-order valence-electron chi connectivity index (χ3n) is 5.36. The first-order valence-corrected chi connectivity index (χ1v) is 10.4. The van der Waals surface area contributed by atoms with Crippen molar-refractivity contribution in [3.8, 4) is 11.6 Å². The van der Waals surface area contributed by atoms with Gasteiger partial charge in [-0.25, -0.2) is 9.78 Å². The van der Waals surface area contributed by atoms with Gasteiger partial charge in [-0.15, -0.1) is 0 Å². The first kappa shape index (κ1) is 19.9.